The smallest absolute Gasteiger partial charge is 0.351 e. The number of nitrogens with zero attached hydrogens (tertiary/aromatic N) is 3. The number of hydrogen-bond acceptors (Lipinski definition) is 3. The molecule has 0 bridgehead atoms. The molecule has 0 unspecified atom stereocenters. The van der Waals surface area contributed by atoms with Crippen molar-refractivity contribution in [3.05, 3.63) is 77.2 Å². The lowest BCUT2D eigenvalue weighted by atomic mass is 9.96. The Hall–Kier alpha value is -3.16. The Morgan fingerprint density at radius 3 is 2.39 bits per heavy atom. The molecule has 31 heavy (non-hydrogen) atoms. The van der Waals surface area contributed by atoms with Crippen LogP contribution in [-0.2, 0) is 11.6 Å². The molecule has 3 aromatic rings. The zero-order valence-electron chi connectivity index (χ0n) is 17.3. The fourth-order valence-corrected chi connectivity index (χ4v) is 3.80. The van der Waals surface area contributed by atoms with E-state index in [2.05, 4.69) is 27.5 Å². The first-order valence-corrected chi connectivity index (χ1v) is 10.2. The number of aromatic nitrogens is 3. The van der Waals surface area contributed by atoms with Crippen molar-refractivity contribution >= 4 is 5.91 Å². The van der Waals surface area contributed by atoms with E-state index in [0.29, 0.717) is 17.8 Å². The first kappa shape index (κ1) is 21.1. The molecule has 1 saturated carbocycles. The number of halogens is 3. The van der Waals surface area contributed by atoms with Gasteiger partial charge in [-0.15, -0.1) is 0 Å². The molecule has 4 rings (SSSR count). The Bertz CT molecular complexity index is 1070. The fourth-order valence-electron chi connectivity index (χ4n) is 3.80. The lowest BCUT2D eigenvalue weighted by Crippen LogP contribution is -2.32. The van der Waals surface area contributed by atoms with Gasteiger partial charge in [-0.3, -0.25) is 4.79 Å². The van der Waals surface area contributed by atoms with Gasteiger partial charge in [0.15, 0.2) is 5.82 Å². The van der Waals surface area contributed by atoms with Gasteiger partial charge in [-0.1, -0.05) is 44.2 Å². The van der Waals surface area contributed by atoms with E-state index in [-0.39, 0.29) is 23.1 Å². The molecule has 2 heterocycles. The molecule has 0 saturated heterocycles. The normalized spacial score (nSPS) is 15.2. The van der Waals surface area contributed by atoms with Crippen LogP contribution in [0.15, 0.2) is 54.9 Å². The van der Waals surface area contributed by atoms with Crippen molar-refractivity contribution in [2.75, 3.05) is 6.54 Å². The van der Waals surface area contributed by atoms with E-state index in [1.165, 1.54) is 22.5 Å². The van der Waals surface area contributed by atoms with E-state index in [4.69, 9.17) is 0 Å². The van der Waals surface area contributed by atoms with E-state index >= 15 is 0 Å². The summed E-state index contributed by atoms with van der Waals surface area (Å²) in [6.07, 6.45) is -0.199. The summed E-state index contributed by atoms with van der Waals surface area (Å²) >= 11 is 0. The van der Waals surface area contributed by atoms with Gasteiger partial charge in [0.2, 0.25) is 0 Å². The number of pyridine rings is 1. The summed E-state index contributed by atoms with van der Waals surface area (Å²) in [7, 11) is 0. The van der Waals surface area contributed by atoms with Crippen molar-refractivity contribution in [3.63, 3.8) is 0 Å². The largest absolute Gasteiger partial charge is 0.417 e. The summed E-state index contributed by atoms with van der Waals surface area (Å²) in [5, 5.41) is 7.28. The van der Waals surface area contributed by atoms with Gasteiger partial charge in [-0.2, -0.15) is 18.3 Å². The van der Waals surface area contributed by atoms with Crippen LogP contribution < -0.4 is 5.32 Å². The van der Waals surface area contributed by atoms with Gasteiger partial charge in [0.25, 0.3) is 5.91 Å². The van der Waals surface area contributed by atoms with Crippen LogP contribution in [0, 0.1) is 0 Å². The summed E-state index contributed by atoms with van der Waals surface area (Å²) < 4.78 is 39.9. The Balaban J connectivity index is 1.55. The van der Waals surface area contributed by atoms with Crippen LogP contribution in [0.25, 0.3) is 5.82 Å². The van der Waals surface area contributed by atoms with E-state index in [1.54, 1.807) is 0 Å². The van der Waals surface area contributed by atoms with Crippen LogP contribution in [-0.4, -0.2) is 27.2 Å². The van der Waals surface area contributed by atoms with Gasteiger partial charge < -0.3 is 5.32 Å². The Morgan fingerprint density at radius 2 is 1.84 bits per heavy atom. The van der Waals surface area contributed by atoms with Crippen LogP contribution in [0.3, 0.4) is 0 Å². The van der Waals surface area contributed by atoms with Crippen LogP contribution in [0.2, 0.25) is 0 Å². The fraction of sp³-hybridized carbons (Fsp3) is 0.348. The van der Waals surface area contributed by atoms with Crippen molar-refractivity contribution in [2.45, 2.75) is 44.2 Å². The Labute approximate surface area is 178 Å². The third-order valence-electron chi connectivity index (χ3n) is 5.72. The maximum Gasteiger partial charge on any atom is 0.417 e. The lowest BCUT2D eigenvalue weighted by Gasteiger charge is -2.17. The molecule has 5 nitrogen and oxygen atoms in total. The van der Waals surface area contributed by atoms with Gasteiger partial charge in [0.1, 0.15) is 0 Å². The molecule has 1 N–H and O–H groups in total. The van der Waals surface area contributed by atoms with Crippen molar-refractivity contribution in [3.8, 4) is 5.82 Å². The van der Waals surface area contributed by atoms with Gasteiger partial charge in [-0.25, -0.2) is 9.67 Å². The second-order valence-corrected chi connectivity index (χ2v) is 8.24. The van der Waals surface area contributed by atoms with Crippen LogP contribution in [0.4, 0.5) is 13.2 Å². The minimum Gasteiger partial charge on any atom is -0.351 e. The van der Waals surface area contributed by atoms with Crippen molar-refractivity contribution in [2.24, 2.45) is 0 Å². The average molecular weight is 428 g/mol. The van der Waals surface area contributed by atoms with Crippen molar-refractivity contribution < 1.29 is 18.0 Å². The monoisotopic (exact) mass is 428 g/mol. The summed E-state index contributed by atoms with van der Waals surface area (Å²) in [5.74, 6) is -0.0980. The SMILES string of the molecule is CC(C)c1c(C(=O)NCC2(c3ccccc3)CC2)cnn1-c1ccc(C(F)(F)F)cn1. The molecule has 1 amide bonds. The topological polar surface area (TPSA) is 59.8 Å². The third kappa shape index (κ3) is 4.19. The molecular formula is C23H23F3N4O. The van der Waals surface area contributed by atoms with Gasteiger partial charge in [-0.05, 0) is 36.5 Å². The maximum absolute atomic E-state index is 13.0. The van der Waals surface area contributed by atoms with E-state index in [9.17, 15) is 18.0 Å². The number of nitrogens with one attached hydrogen (secondary N) is 1. The van der Waals surface area contributed by atoms with E-state index < -0.39 is 11.7 Å². The highest BCUT2D eigenvalue weighted by atomic mass is 19.4. The van der Waals surface area contributed by atoms with Gasteiger partial charge >= 0.3 is 6.18 Å². The molecule has 162 valence electrons. The van der Waals surface area contributed by atoms with E-state index in [0.717, 1.165) is 25.1 Å². The zero-order valence-corrected chi connectivity index (χ0v) is 17.3. The predicted molar refractivity (Wildman–Crippen MR) is 110 cm³/mol. The summed E-state index contributed by atoms with van der Waals surface area (Å²) in [6.45, 7) is 4.33. The minimum atomic E-state index is -4.46. The number of carbonyl (C=O) groups is 1. The van der Waals surface area contributed by atoms with Crippen LogP contribution >= 0.6 is 0 Å². The Kier molecular flexibility index (Phi) is 5.33. The number of alkyl halides is 3. The van der Waals surface area contributed by atoms with Crippen LogP contribution in [0.1, 0.15) is 59.8 Å². The number of hydrogen-bond donors (Lipinski definition) is 1. The highest BCUT2D eigenvalue weighted by molar-refractivity contribution is 5.95. The quantitative estimate of drug-likeness (QED) is 0.609. The molecule has 1 aliphatic rings. The second kappa shape index (κ2) is 7.83. The highest BCUT2D eigenvalue weighted by Crippen LogP contribution is 2.47. The molecule has 1 aromatic carbocycles. The lowest BCUT2D eigenvalue weighted by molar-refractivity contribution is -0.137. The van der Waals surface area contributed by atoms with Gasteiger partial charge in [0, 0.05) is 18.2 Å². The summed E-state index contributed by atoms with van der Waals surface area (Å²) in [6, 6.07) is 12.3. The molecule has 8 heteroatoms. The molecule has 2 aromatic heterocycles. The molecule has 0 spiro atoms. The maximum atomic E-state index is 13.0. The molecule has 1 fully saturated rings. The number of rotatable bonds is 6. The first-order valence-electron chi connectivity index (χ1n) is 10.2. The summed E-state index contributed by atoms with van der Waals surface area (Å²) in [4.78, 5) is 16.9. The molecule has 0 radical (unpaired) electrons. The predicted octanol–water partition coefficient (Wildman–Crippen LogP) is 4.87. The van der Waals surface area contributed by atoms with Crippen molar-refractivity contribution in [1.82, 2.24) is 20.1 Å². The van der Waals surface area contributed by atoms with Gasteiger partial charge in [0.05, 0.1) is 23.0 Å². The molecular weight excluding hydrogens is 405 g/mol. The minimum absolute atomic E-state index is 0.0279. The molecule has 0 aliphatic heterocycles. The average Bonchev–Trinajstić information content (AvgIpc) is 3.41. The highest BCUT2D eigenvalue weighted by Gasteiger charge is 2.44. The first-order chi connectivity index (χ1) is 14.7. The third-order valence-corrected chi connectivity index (χ3v) is 5.72. The number of benzene rings is 1. The zero-order chi connectivity index (χ0) is 22.2. The van der Waals surface area contributed by atoms with E-state index in [1.807, 2.05) is 32.0 Å². The number of carbonyl (C=O) groups excluding carboxylic acids is 1. The summed E-state index contributed by atoms with van der Waals surface area (Å²) in [5.41, 5.74) is 1.36. The molecule has 0 atom stereocenters. The number of amides is 1. The molecule has 1 aliphatic carbocycles. The van der Waals surface area contributed by atoms with Crippen LogP contribution in [0.5, 0.6) is 0 Å². The Morgan fingerprint density at radius 1 is 1.13 bits per heavy atom. The van der Waals surface area contributed by atoms with Crippen molar-refractivity contribution in [1.29, 1.82) is 0 Å². The second-order valence-electron chi connectivity index (χ2n) is 8.24. The standard InChI is InChI=1S/C23H23F3N4O/c1-15(2)20-18(13-29-30(20)19-9-8-17(12-27-19)23(24,25)26)21(31)28-14-22(10-11-22)16-6-4-3-5-7-16/h3-9,12-13,15H,10-11,14H2,1-2H3,(H,28,31).